The number of ether oxygens (including phenoxy) is 1. The summed E-state index contributed by atoms with van der Waals surface area (Å²) >= 11 is 0. The van der Waals surface area contributed by atoms with Crippen LogP contribution in [0.2, 0.25) is 0 Å². The average Bonchev–Trinajstić information content (AvgIpc) is 2.36. The highest BCUT2D eigenvalue weighted by molar-refractivity contribution is 5.90. The molecule has 1 aliphatic rings. The molecule has 1 rings (SSSR count). The third-order valence-electron chi connectivity index (χ3n) is 3.10. The Balaban J connectivity index is 2.45. The Bertz CT molecular complexity index is 299. The molecule has 2 unspecified atom stereocenters. The van der Waals surface area contributed by atoms with Crippen molar-refractivity contribution in [3.63, 3.8) is 0 Å². The first-order valence-corrected chi connectivity index (χ1v) is 6.43. The van der Waals surface area contributed by atoms with Crippen LogP contribution in [0.5, 0.6) is 0 Å². The molecular weight excluding hydrogens is 234 g/mol. The van der Waals surface area contributed by atoms with Gasteiger partial charge in [0.25, 0.3) is 0 Å². The van der Waals surface area contributed by atoms with E-state index in [9.17, 15) is 4.79 Å². The van der Waals surface area contributed by atoms with Crippen LogP contribution in [0, 0.1) is 5.92 Å². The van der Waals surface area contributed by atoms with Gasteiger partial charge in [0.1, 0.15) is 0 Å². The summed E-state index contributed by atoms with van der Waals surface area (Å²) in [5.74, 6) is -0.0211. The second kappa shape index (κ2) is 7.20. The first-order chi connectivity index (χ1) is 8.54. The Labute approximate surface area is 108 Å². The minimum atomic E-state index is -0.439. The Morgan fingerprint density at radius 2 is 2.28 bits per heavy atom. The average molecular weight is 257 g/mol. The summed E-state index contributed by atoms with van der Waals surface area (Å²) in [7, 11) is 0. The molecule has 0 radical (unpaired) electrons. The van der Waals surface area contributed by atoms with Gasteiger partial charge in [-0.1, -0.05) is 19.0 Å². The van der Waals surface area contributed by atoms with E-state index in [1.54, 1.807) is 0 Å². The van der Waals surface area contributed by atoms with Crippen LogP contribution in [0.25, 0.3) is 0 Å². The lowest BCUT2D eigenvalue weighted by Gasteiger charge is -2.25. The molecule has 1 amide bonds. The van der Waals surface area contributed by atoms with Gasteiger partial charge in [-0.15, -0.1) is 0 Å². The maximum Gasteiger partial charge on any atom is 0.223 e. The normalized spacial score (nSPS) is 22.8. The first kappa shape index (κ1) is 14.8. The molecule has 4 N–H and O–H groups in total. The van der Waals surface area contributed by atoms with Crippen LogP contribution < -0.4 is 11.1 Å². The van der Waals surface area contributed by atoms with Gasteiger partial charge in [0.15, 0.2) is 5.84 Å². The van der Waals surface area contributed by atoms with Crippen molar-refractivity contribution in [2.75, 3.05) is 6.61 Å². The summed E-state index contributed by atoms with van der Waals surface area (Å²) in [6, 6.07) is -0.439. The van der Waals surface area contributed by atoms with E-state index in [1.165, 1.54) is 0 Å². The topological polar surface area (TPSA) is 96.9 Å². The lowest BCUT2D eigenvalue weighted by molar-refractivity contribution is -0.125. The van der Waals surface area contributed by atoms with E-state index >= 15 is 0 Å². The van der Waals surface area contributed by atoms with Crippen molar-refractivity contribution in [1.29, 1.82) is 0 Å². The molecule has 18 heavy (non-hydrogen) atoms. The summed E-state index contributed by atoms with van der Waals surface area (Å²) < 4.78 is 5.51. The fraction of sp³-hybridized carbons (Fsp3) is 0.833. The van der Waals surface area contributed by atoms with Gasteiger partial charge in [-0.2, -0.15) is 0 Å². The molecule has 104 valence electrons. The number of carbonyl (C=O) groups excluding carboxylic acids is 1. The molecule has 1 heterocycles. The Morgan fingerprint density at radius 3 is 2.78 bits per heavy atom. The number of oxime groups is 1. The molecule has 0 aromatic rings. The van der Waals surface area contributed by atoms with Gasteiger partial charge in [0.2, 0.25) is 5.91 Å². The van der Waals surface area contributed by atoms with Crippen LogP contribution in [0.1, 0.15) is 39.5 Å². The molecule has 6 heteroatoms. The van der Waals surface area contributed by atoms with Crippen LogP contribution in [0.3, 0.4) is 0 Å². The van der Waals surface area contributed by atoms with Crippen LogP contribution in [-0.2, 0) is 9.53 Å². The van der Waals surface area contributed by atoms with Gasteiger partial charge < -0.3 is 21.0 Å². The van der Waals surface area contributed by atoms with E-state index in [2.05, 4.69) is 10.5 Å². The molecule has 0 aromatic heterocycles. The minimum Gasteiger partial charge on any atom is -0.409 e. The molecule has 2 atom stereocenters. The Hall–Kier alpha value is -1.30. The van der Waals surface area contributed by atoms with E-state index < -0.39 is 6.04 Å². The molecule has 1 fully saturated rings. The van der Waals surface area contributed by atoms with Crippen LogP contribution in [-0.4, -0.2) is 35.7 Å². The highest BCUT2D eigenvalue weighted by atomic mass is 16.5. The number of amidine groups is 1. The van der Waals surface area contributed by atoms with Crippen molar-refractivity contribution in [2.45, 2.75) is 51.7 Å². The van der Waals surface area contributed by atoms with Crippen LogP contribution in [0.4, 0.5) is 0 Å². The predicted molar refractivity (Wildman–Crippen MR) is 68.4 cm³/mol. The fourth-order valence-corrected chi connectivity index (χ4v) is 2.05. The summed E-state index contributed by atoms with van der Waals surface area (Å²) in [5.41, 5.74) is 5.55. The number of nitrogens with zero attached hydrogens (tertiary/aromatic N) is 1. The number of hydrogen-bond donors (Lipinski definition) is 3. The maximum absolute atomic E-state index is 11.9. The van der Waals surface area contributed by atoms with Crippen LogP contribution >= 0.6 is 0 Å². The molecule has 0 aliphatic carbocycles. The molecule has 1 aliphatic heterocycles. The summed E-state index contributed by atoms with van der Waals surface area (Å²) in [6.07, 6.45) is 3.42. The van der Waals surface area contributed by atoms with E-state index in [0.717, 1.165) is 25.9 Å². The summed E-state index contributed by atoms with van der Waals surface area (Å²) in [4.78, 5) is 11.9. The first-order valence-electron chi connectivity index (χ1n) is 6.43. The van der Waals surface area contributed by atoms with E-state index in [0.29, 0.717) is 6.42 Å². The standard InChI is InChI=1S/C12H23N3O3/c1-8(2)11(12(13)15-17)14-10(16)7-9-5-3-4-6-18-9/h8-9,11,17H,3-7H2,1-2H3,(H2,13,15)(H,14,16). The van der Waals surface area contributed by atoms with Gasteiger partial charge in [0, 0.05) is 6.61 Å². The predicted octanol–water partition coefficient (Wildman–Crippen LogP) is 0.833. The number of carbonyl (C=O) groups is 1. The van der Waals surface area contributed by atoms with E-state index in [1.807, 2.05) is 13.8 Å². The van der Waals surface area contributed by atoms with Crippen LogP contribution in [0.15, 0.2) is 5.16 Å². The Morgan fingerprint density at radius 1 is 1.56 bits per heavy atom. The lowest BCUT2D eigenvalue weighted by Crippen LogP contribution is -2.48. The zero-order valence-electron chi connectivity index (χ0n) is 11.1. The highest BCUT2D eigenvalue weighted by Gasteiger charge is 2.23. The smallest absolute Gasteiger partial charge is 0.223 e. The number of nitrogens with two attached hydrogens (primary N) is 1. The van der Waals surface area contributed by atoms with Crippen molar-refractivity contribution < 1.29 is 14.7 Å². The molecule has 1 saturated heterocycles. The van der Waals surface area contributed by atoms with Crippen molar-refractivity contribution in [3.05, 3.63) is 0 Å². The minimum absolute atomic E-state index is 0.00106. The van der Waals surface area contributed by atoms with Gasteiger partial charge in [-0.3, -0.25) is 4.79 Å². The van der Waals surface area contributed by atoms with Gasteiger partial charge in [-0.05, 0) is 25.2 Å². The van der Waals surface area contributed by atoms with Crippen molar-refractivity contribution in [1.82, 2.24) is 5.32 Å². The van der Waals surface area contributed by atoms with Crippen molar-refractivity contribution >= 4 is 11.7 Å². The fourth-order valence-electron chi connectivity index (χ4n) is 2.05. The van der Waals surface area contributed by atoms with E-state index in [-0.39, 0.29) is 23.8 Å². The number of amides is 1. The molecule has 6 nitrogen and oxygen atoms in total. The zero-order chi connectivity index (χ0) is 13.5. The zero-order valence-corrected chi connectivity index (χ0v) is 11.1. The summed E-state index contributed by atoms with van der Waals surface area (Å²) in [6.45, 7) is 4.53. The second-order valence-corrected chi connectivity index (χ2v) is 5.01. The largest absolute Gasteiger partial charge is 0.409 e. The number of nitrogens with one attached hydrogen (secondary N) is 1. The molecule has 0 aromatic carbocycles. The lowest BCUT2D eigenvalue weighted by atomic mass is 10.0. The molecular formula is C12H23N3O3. The highest BCUT2D eigenvalue weighted by Crippen LogP contribution is 2.15. The SMILES string of the molecule is CC(C)C(NC(=O)CC1CCCCO1)C(N)=NO. The molecule has 0 bridgehead atoms. The van der Waals surface area contributed by atoms with Gasteiger partial charge in [0.05, 0.1) is 18.6 Å². The van der Waals surface area contributed by atoms with Gasteiger partial charge in [-0.25, -0.2) is 0 Å². The van der Waals surface area contributed by atoms with E-state index in [4.69, 9.17) is 15.7 Å². The van der Waals surface area contributed by atoms with Crippen molar-refractivity contribution in [3.8, 4) is 0 Å². The van der Waals surface area contributed by atoms with Gasteiger partial charge >= 0.3 is 0 Å². The molecule has 0 saturated carbocycles. The summed E-state index contributed by atoms with van der Waals surface area (Å²) in [5, 5.41) is 14.4. The third-order valence-corrected chi connectivity index (χ3v) is 3.10. The quantitative estimate of drug-likeness (QED) is 0.294. The second-order valence-electron chi connectivity index (χ2n) is 5.01. The Kier molecular flexibility index (Phi) is 5.91. The third kappa shape index (κ3) is 4.52. The van der Waals surface area contributed by atoms with Crippen molar-refractivity contribution in [2.24, 2.45) is 16.8 Å². The molecule has 0 spiro atoms. The number of hydrogen-bond acceptors (Lipinski definition) is 4. The maximum atomic E-state index is 11.9. The monoisotopic (exact) mass is 257 g/mol. The number of rotatable bonds is 5.